The molecule has 3 heteroatoms. The number of nitrogens with zero attached hydrogens (tertiary/aromatic N) is 2. The van der Waals surface area contributed by atoms with E-state index >= 15 is 0 Å². The molecule has 0 radical (unpaired) electrons. The Bertz CT molecular complexity index is 248. The molecule has 0 bridgehead atoms. The first-order chi connectivity index (χ1) is 8.48. The summed E-state index contributed by atoms with van der Waals surface area (Å²) in [6, 6.07) is 0.783. The molecule has 1 saturated carbocycles. The zero-order valence-corrected chi connectivity index (χ0v) is 13.9. The summed E-state index contributed by atoms with van der Waals surface area (Å²) in [5, 5.41) is 5.37. The molecular formula is C15H29BrN2. The molecule has 18 heavy (non-hydrogen) atoms. The third kappa shape index (κ3) is 3.71. The van der Waals surface area contributed by atoms with Gasteiger partial charge < -0.3 is 0 Å². The van der Waals surface area contributed by atoms with Crippen LogP contribution in [0.4, 0.5) is 0 Å². The Kier molecular flexibility index (Phi) is 5.13. The topological polar surface area (TPSA) is 6.48 Å². The summed E-state index contributed by atoms with van der Waals surface area (Å²) in [6.45, 7) is 9.58. The fraction of sp³-hybridized carbons (Fsp3) is 1.00. The first kappa shape index (κ1) is 14.8. The molecule has 2 aliphatic rings. The third-order valence-corrected chi connectivity index (χ3v) is 5.23. The molecule has 2 nitrogen and oxygen atoms in total. The lowest BCUT2D eigenvalue weighted by molar-refractivity contribution is -0.138. The Balaban J connectivity index is 2.04. The summed E-state index contributed by atoms with van der Waals surface area (Å²) in [5.74, 6) is 0. The minimum atomic E-state index is 0.265. The fourth-order valence-electron chi connectivity index (χ4n) is 3.58. The van der Waals surface area contributed by atoms with Crippen molar-refractivity contribution in [1.29, 1.82) is 0 Å². The van der Waals surface area contributed by atoms with Crippen molar-refractivity contribution < 1.29 is 0 Å². The molecule has 1 heterocycles. The first-order valence-electron chi connectivity index (χ1n) is 7.67. The molecule has 2 fully saturated rings. The van der Waals surface area contributed by atoms with Gasteiger partial charge in [0, 0.05) is 29.5 Å². The Hall–Kier alpha value is 0.400. The van der Waals surface area contributed by atoms with Crippen LogP contribution in [0.2, 0.25) is 0 Å². The van der Waals surface area contributed by atoms with Crippen LogP contribution in [0, 0.1) is 0 Å². The van der Waals surface area contributed by atoms with Crippen LogP contribution in [0.25, 0.3) is 0 Å². The Morgan fingerprint density at radius 3 is 2.00 bits per heavy atom. The zero-order chi connectivity index (χ0) is 13.2. The van der Waals surface area contributed by atoms with E-state index in [1.807, 2.05) is 0 Å². The highest BCUT2D eigenvalue weighted by molar-refractivity contribution is 9.09. The highest BCUT2D eigenvalue weighted by atomic mass is 79.9. The van der Waals surface area contributed by atoms with Gasteiger partial charge in [-0.2, -0.15) is 0 Å². The average molecular weight is 317 g/mol. The number of hydrogen-bond donors (Lipinski definition) is 0. The molecular weight excluding hydrogens is 288 g/mol. The average Bonchev–Trinajstić information content (AvgIpc) is 2.32. The number of rotatable bonds is 2. The van der Waals surface area contributed by atoms with Crippen LogP contribution in [-0.2, 0) is 0 Å². The predicted molar refractivity (Wildman–Crippen MR) is 82.0 cm³/mol. The van der Waals surface area contributed by atoms with Crippen LogP contribution < -0.4 is 0 Å². The van der Waals surface area contributed by atoms with Gasteiger partial charge in [0.1, 0.15) is 0 Å². The van der Waals surface area contributed by atoms with Crippen LogP contribution in [0.5, 0.6) is 0 Å². The van der Waals surface area contributed by atoms with E-state index in [9.17, 15) is 0 Å². The molecule has 1 aliphatic heterocycles. The Morgan fingerprint density at radius 1 is 0.944 bits per heavy atom. The molecule has 0 atom stereocenters. The van der Waals surface area contributed by atoms with Crippen molar-refractivity contribution in [3.05, 3.63) is 0 Å². The minimum Gasteiger partial charge on any atom is -0.241 e. The predicted octanol–water partition coefficient (Wildman–Crippen LogP) is 4.19. The summed E-state index contributed by atoms with van der Waals surface area (Å²) in [5.41, 5.74) is 0.265. The lowest BCUT2D eigenvalue weighted by atomic mass is 9.92. The van der Waals surface area contributed by atoms with Crippen LogP contribution in [0.3, 0.4) is 0 Å². The van der Waals surface area contributed by atoms with Crippen molar-refractivity contribution in [3.63, 3.8) is 0 Å². The van der Waals surface area contributed by atoms with Crippen molar-refractivity contribution in [2.75, 3.05) is 13.1 Å². The molecule has 0 spiro atoms. The standard InChI is InChI=1S/C15H29BrN2/c1-15(2,3)18(14-7-5-4-6-8-14)17-11-9-13(16)10-12-17/h13-14H,4-12H2,1-3H3. The number of hydrogen-bond acceptors (Lipinski definition) is 2. The smallest absolute Gasteiger partial charge is 0.0275 e. The molecule has 0 amide bonds. The number of halogens is 1. The van der Waals surface area contributed by atoms with Gasteiger partial charge in [0.25, 0.3) is 0 Å². The van der Waals surface area contributed by atoms with Crippen LogP contribution in [0.15, 0.2) is 0 Å². The lowest BCUT2D eigenvalue weighted by Crippen LogP contribution is -2.60. The molecule has 0 N–H and O–H groups in total. The van der Waals surface area contributed by atoms with Crippen molar-refractivity contribution in [2.24, 2.45) is 0 Å². The van der Waals surface area contributed by atoms with E-state index in [-0.39, 0.29) is 5.54 Å². The first-order valence-corrected chi connectivity index (χ1v) is 8.58. The van der Waals surface area contributed by atoms with E-state index in [0.717, 1.165) is 10.9 Å². The highest BCUT2D eigenvalue weighted by Crippen LogP contribution is 2.31. The van der Waals surface area contributed by atoms with E-state index < -0.39 is 0 Å². The van der Waals surface area contributed by atoms with E-state index in [1.165, 1.54) is 58.0 Å². The molecule has 0 aromatic carbocycles. The highest BCUT2D eigenvalue weighted by Gasteiger charge is 2.35. The van der Waals surface area contributed by atoms with E-state index in [0.29, 0.717) is 0 Å². The molecule has 0 unspecified atom stereocenters. The van der Waals surface area contributed by atoms with Crippen LogP contribution in [0.1, 0.15) is 65.7 Å². The summed E-state index contributed by atoms with van der Waals surface area (Å²) in [7, 11) is 0. The van der Waals surface area contributed by atoms with E-state index in [1.54, 1.807) is 0 Å². The number of alkyl halides is 1. The maximum absolute atomic E-state index is 3.77. The number of piperidine rings is 1. The molecule has 106 valence electrons. The second-order valence-corrected chi connectivity index (χ2v) is 8.23. The molecule has 0 aromatic rings. The normalized spacial score (nSPS) is 25.8. The van der Waals surface area contributed by atoms with Crippen molar-refractivity contribution in [1.82, 2.24) is 10.0 Å². The summed E-state index contributed by atoms with van der Waals surface area (Å²) in [6.07, 6.45) is 9.66. The Labute approximate surface area is 121 Å². The molecule has 1 aliphatic carbocycles. The maximum atomic E-state index is 3.77. The van der Waals surface area contributed by atoms with Crippen molar-refractivity contribution in [2.45, 2.75) is 82.1 Å². The monoisotopic (exact) mass is 316 g/mol. The van der Waals surface area contributed by atoms with Gasteiger partial charge in [-0.1, -0.05) is 35.2 Å². The van der Waals surface area contributed by atoms with Gasteiger partial charge in [-0.3, -0.25) is 0 Å². The maximum Gasteiger partial charge on any atom is 0.0275 e. The number of hydrazine groups is 1. The summed E-state index contributed by atoms with van der Waals surface area (Å²) < 4.78 is 0. The molecule has 0 aromatic heterocycles. The molecule has 1 saturated heterocycles. The minimum absolute atomic E-state index is 0.265. The van der Waals surface area contributed by atoms with Crippen LogP contribution >= 0.6 is 15.9 Å². The molecule has 2 rings (SSSR count). The fourth-order valence-corrected chi connectivity index (χ4v) is 3.99. The van der Waals surface area contributed by atoms with Gasteiger partial charge in [-0.25, -0.2) is 10.0 Å². The van der Waals surface area contributed by atoms with E-state index in [2.05, 4.69) is 46.7 Å². The van der Waals surface area contributed by atoms with Gasteiger partial charge in [0.05, 0.1) is 0 Å². The van der Waals surface area contributed by atoms with E-state index in [4.69, 9.17) is 0 Å². The van der Waals surface area contributed by atoms with Gasteiger partial charge in [0.15, 0.2) is 0 Å². The summed E-state index contributed by atoms with van der Waals surface area (Å²) >= 11 is 3.77. The van der Waals surface area contributed by atoms with Gasteiger partial charge in [-0.05, 0) is 46.5 Å². The Morgan fingerprint density at radius 2 is 1.50 bits per heavy atom. The van der Waals surface area contributed by atoms with Gasteiger partial charge in [-0.15, -0.1) is 0 Å². The summed E-state index contributed by atoms with van der Waals surface area (Å²) in [4.78, 5) is 0.738. The van der Waals surface area contributed by atoms with Gasteiger partial charge >= 0.3 is 0 Å². The second kappa shape index (κ2) is 6.23. The van der Waals surface area contributed by atoms with Crippen molar-refractivity contribution in [3.8, 4) is 0 Å². The van der Waals surface area contributed by atoms with Gasteiger partial charge in [0.2, 0.25) is 0 Å². The van der Waals surface area contributed by atoms with Crippen LogP contribution in [-0.4, -0.2) is 39.5 Å². The largest absolute Gasteiger partial charge is 0.241 e. The quantitative estimate of drug-likeness (QED) is 0.705. The SMILES string of the molecule is CC(C)(C)N(C1CCCCC1)N1CCC(Br)CC1. The second-order valence-electron chi connectivity index (χ2n) is 6.94. The third-order valence-electron chi connectivity index (χ3n) is 4.31. The lowest BCUT2D eigenvalue weighted by Gasteiger charge is -2.51. The zero-order valence-electron chi connectivity index (χ0n) is 12.3. The van der Waals surface area contributed by atoms with Crippen molar-refractivity contribution >= 4 is 15.9 Å².